The molecular weight excluding hydrogens is 192 g/mol. The molecular formula is C16H20. The molecule has 0 nitrogen and oxygen atoms in total. The van der Waals surface area contributed by atoms with Crippen LogP contribution in [0.1, 0.15) is 43.7 Å². The summed E-state index contributed by atoms with van der Waals surface area (Å²) in [7, 11) is 0. The van der Waals surface area contributed by atoms with Crippen molar-refractivity contribution in [1.82, 2.24) is 0 Å². The van der Waals surface area contributed by atoms with E-state index in [1.165, 1.54) is 42.4 Å². The van der Waals surface area contributed by atoms with E-state index >= 15 is 0 Å². The molecule has 16 heavy (non-hydrogen) atoms. The van der Waals surface area contributed by atoms with Gasteiger partial charge in [-0.3, -0.25) is 0 Å². The molecule has 0 aromatic heterocycles. The van der Waals surface area contributed by atoms with Gasteiger partial charge in [0.05, 0.1) is 0 Å². The Balaban J connectivity index is 2.24. The van der Waals surface area contributed by atoms with Crippen molar-refractivity contribution in [3.05, 3.63) is 52.6 Å². The zero-order chi connectivity index (χ0) is 11.4. The molecule has 0 atom stereocenters. The molecule has 0 heterocycles. The topological polar surface area (TPSA) is 0 Å². The molecule has 84 valence electrons. The van der Waals surface area contributed by atoms with E-state index < -0.39 is 0 Å². The van der Waals surface area contributed by atoms with E-state index in [0.29, 0.717) is 0 Å². The summed E-state index contributed by atoms with van der Waals surface area (Å²) < 4.78 is 0. The maximum Gasteiger partial charge on any atom is -0.0225 e. The first kappa shape index (κ1) is 11.2. The highest BCUT2D eigenvalue weighted by molar-refractivity contribution is 5.59. The van der Waals surface area contributed by atoms with Gasteiger partial charge >= 0.3 is 0 Å². The van der Waals surface area contributed by atoms with Crippen LogP contribution in [0, 0.1) is 6.92 Å². The van der Waals surface area contributed by atoms with Gasteiger partial charge < -0.3 is 0 Å². The van der Waals surface area contributed by atoms with E-state index in [4.69, 9.17) is 0 Å². The zero-order valence-electron chi connectivity index (χ0n) is 10.3. The highest BCUT2D eigenvalue weighted by Gasteiger charge is 2.11. The van der Waals surface area contributed by atoms with Crippen LogP contribution in [0.5, 0.6) is 0 Å². The molecule has 0 radical (unpaired) electrons. The molecule has 0 aliphatic heterocycles. The van der Waals surface area contributed by atoms with E-state index in [2.05, 4.69) is 50.3 Å². The lowest BCUT2D eigenvalue weighted by Gasteiger charge is -2.03. The van der Waals surface area contributed by atoms with Gasteiger partial charge in [-0.25, -0.2) is 0 Å². The fourth-order valence-corrected chi connectivity index (χ4v) is 1.90. The highest BCUT2D eigenvalue weighted by Crippen LogP contribution is 2.30. The number of aryl methyl sites for hydroxylation is 1. The number of hydrogen-bond donors (Lipinski definition) is 0. The predicted octanol–water partition coefficient (Wildman–Crippen LogP) is 4.90. The second kappa shape index (κ2) is 5.16. The second-order valence-corrected chi connectivity index (χ2v) is 4.63. The Morgan fingerprint density at radius 1 is 1.25 bits per heavy atom. The van der Waals surface area contributed by atoms with Gasteiger partial charge in [0.2, 0.25) is 0 Å². The lowest BCUT2D eigenvalue weighted by atomic mass is 10.0. The minimum atomic E-state index is 1.19. The molecule has 1 aromatic rings. The summed E-state index contributed by atoms with van der Waals surface area (Å²) >= 11 is 0. The lowest BCUT2D eigenvalue weighted by Crippen LogP contribution is -1.83. The summed E-state index contributed by atoms with van der Waals surface area (Å²) in [5, 5.41) is 0. The molecule has 1 aliphatic rings. The van der Waals surface area contributed by atoms with Gasteiger partial charge in [-0.1, -0.05) is 55.3 Å². The fourth-order valence-electron chi connectivity index (χ4n) is 1.90. The van der Waals surface area contributed by atoms with Gasteiger partial charge in [0.1, 0.15) is 0 Å². The number of rotatable bonds is 4. The Labute approximate surface area is 98.7 Å². The molecule has 2 rings (SSSR count). The van der Waals surface area contributed by atoms with Crippen molar-refractivity contribution in [2.45, 2.75) is 39.5 Å². The Bertz CT molecular complexity index is 415. The van der Waals surface area contributed by atoms with Crippen LogP contribution in [-0.2, 0) is 0 Å². The third-order valence-corrected chi connectivity index (χ3v) is 3.00. The van der Waals surface area contributed by atoms with E-state index in [1.54, 1.807) is 5.57 Å². The Morgan fingerprint density at radius 2 is 2.00 bits per heavy atom. The maximum absolute atomic E-state index is 2.40. The van der Waals surface area contributed by atoms with E-state index in [0.717, 1.165) is 0 Å². The van der Waals surface area contributed by atoms with Crippen molar-refractivity contribution in [2.24, 2.45) is 0 Å². The summed E-state index contributed by atoms with van der Waals surface area (Å²) in [5.41, 5.74) is 5.84. The summed E-state index contributed by atoms with van der Waals surface area (Å²) in [5.74, 6) is 0. The van der Waals surface area contributed by atoms with Crippen LogP contribution in [0.4, 0.5) is 0 Å². The number of benzene rings is 1. The van der Waals surface area contributed by atoms with Gasteiger partial charge in [0.15, 0.2) is 0 Å². The zero-order valence-corrected chi connectivity index (χ0v) is 10.3. The average Bonchev–Trinajstić information content (AvgIpc) is 3.06. The fraction of sp³-hybridized carbons (Fsp3) is 0.375. The predicted molar refractivity (Wildman–Crippen MR) is 71.4 cm³/mol. The third kappa shape index (κ3) is 3.10. The van der Waals surface area contributed by atoms with Crippen molar-refractivity contribution >= 4 is 6.08 Å². The molecule has 0 bridgehead atoms. The Morgan fingerprint density at radius 3 is 2.62 bits per heavy atom. The van der Waals surface area contributed by atoms with Gasteiger partial charge in [-0.05, 0) is 42.9 Å². The first-order valence-electron chi connectivity index (χ1n) is 6.25. The minimum absolute atomic E-state index is 1.19. The van der Waals surface area contributed by atoms with Crippen LogP contribution in [0.15, 0.2) is 41.5 Å². The van der Waals surface area contributed by atoms with E-state index in [-0.39, 0.29) is 0 Å². The molecule has 1 saturated carbocycles. The third-order valence-electron chi connectivity index (χ3n) is 3.00. The van der Waals surface area contributed by atoms with Crippen molar-refractivity contribution < 1.29 is 0 Å². The van der Waals surface area contributed by atoms with Crippen molar-refractivity contribution in [3.63, 3.8) is 0 Å². The van der Waals surface area contributed by atoms with Crippen molar-refractivity contribution in [2.75, 3.05) is 0 Å². The van der Waals surface area contributed by atoms with Crippen molar-refractivity contribution in [3.8, 4) is 0 Å². The normalized spacial score (nSPS) is 15.1. The minimum Gasteiger partial charge on any atom is -0.0693 e. The quantitative estimate of drug-likeness (QED) is 0.666. The first-order valence-corrected chi connectivity index (χ1v) is 6.25. The van der Waals surface area contributed by atoms with Crippen molar-refractivity contribution in [1.29, 1.82) is 0 Å². The molecule has 1 aliphatic carbocycles. The van der Waals surface area contributed by atoms with E-state index in [9.17, 15) is 0 Å². The summed E-state index contributed by atoms with van der Waals surface area (Å²) in [6.07, 6.45) is 9.79. The highest BCUT2D eigenvalue weighted by atomic mass is 14.2. The second-order valence-electron chi connectivity index (χ2n) is 4.63. The standard InChI is InChI=1S/C16H20/c1-3-6-15(11-14-9-10-14)12-16-8-5-4-7-13(16)2/h4-5,7-8,11-12H,3,6,9-10H2,1-2H3/b15-12+. The van der Waals surface area contributed by atoms with Gasteiger partial charge in [0.25, 0.3) is 0 Å². The number of hydrogen-bond acceptors (Lipinski definition) is 0. The molecule has 1 aromatic carbocycles. The molecule has 0 N–H and O–H groups in total. The van der Waals surface area contributed by atoms with Crippen LogP contribution < -0.4 is 0 Å². The SMILES string of the molecule is CCC/C(C=C1CC1)=C\c1ccccc1C. The van der Waals surface area contributed by atoms with Crippen LogP contribution in [0.25, 0.3) is 6.08 Å². The molecule has 0 spiro atoms. The van der Waals surface area contributed by atoms with Gasteiger partial charge in [-0.15, -0.1) is 0 Å². The van der Waals surface area contributed by atoms with Gasteiger partial charge in [0, 0.05) is 0 Å². The maximum atomic E-state index is 2.40. The molecule has 0 amide bonds. The number of allylic oxidation sites excluding steroid dienone is 3. The monoisotopic (exact) mass is 212 g/mol. The van der Waals surface area contributed by atoms with Crippen LogP contribution in [0.3, 0.4) is 0 Å². The summed E-state index contributed by atoms with van der Waals surface area (Å²) in [4.78, 5) is 0. The van der Waals surface area contributed by atoms with Crippen LogP contribution >= 0.6 is 0 Å². The average molecular weight is 212 g/mol. The lowest BCUT2D eigenvalue weighted by molar-refractivity contribution is 0.930. The van der Waals surface area contributed by atoms with E-state index in [1.807, 2.05) is 0 Å². The molecule has 0 unspecified atom stereocenters. The Kier molecular flexibility index (Phi) is 3.61. The van der Waals surface area contributed by atoms with Crippen LogP contribution in [0.2, 0.25) is 0 Å². The Hall–Kier alpha value is -1.30. The summed E-state index contributed by atoms with van der Waals surface area (Å²) in [6.45, 7) is 4.43. The smallest absolute Gasteiger partial charge is 0.0225 e. The van der Waals surface area contributed by atoms with Gasteiger partial charge in [-0.2, -0.15) is 0 Å². The van der Waals surface area contributed by atoms with Crippen LogP contribution in [-0.4, -0.2) is 0 Å². The largest absolute Gasteiger partial charge is 0.0693 e. The summed E-state index contributed by atoms with van der Waals surface area (Å²) in [6, 6.07) is 8.61. The molecule has 0 heteroatoms. The molecule has 0 saturated heterocycles. The first-order chi connectivity index (χ1) is 7.79. The molecule has 1 fully saturated rings.